The molecule has 1 amide bonds. The Labute approximate surface area is 306 Å². The first kappa shape index (κ1) is 37.2. The standard InChI is InChI=1S/C38H40F2N6O6S/c1-21-15-22(2)33(23(3)16-21)46(53(51)52)31(37(49)50)19-41-36(48)27-20-45(14-13-24-9-5-4-6-10-24)34-25(35(27)47)17-28(39)26(32(34)40)18-42-38-43-29-11-7-8-12-30(29)44-38/h4-6,9-10,15-17,20,31,53H,7-8,11-14,18-19H2,1-3H3,(H,41,48)(H,49,50)(H2,42,43,44). The number of aromatic amines is 1. The molecule has 0 aliphatic heterocycles. The third-order valence-corrected chi connectivity index (χ3v) is 10.4. The van der Waals surface area contributed by atoms with E-state index in [4.69, 9.17) is 0 Å². The highest BCUT2D eigenvalue weighted by Gasteiger charge is 2.32. The molecular formula is C38H40F2N6O6S. The highest BCUT2D eigenvalue weighted by molar-refractivity contribution is 7.74. The van der Waals surface area contributed by atoms with Crippen LogP contribution in [-0.2, 0) is 48.0 Å². The molecule has 1 aliphatic rings. The van der Waals surface area contributed by atoms with Gasteiger partial charge in [-0.15, -0.1) is 0 Å². The zero-order valence-electron chi connectivity index (χ0n) is 29.5. The van der Waals surface area contributed by atoms with Gasteiger partial charge in [0.1, 0.15) is 11.4 Å². The fourth-order valence-electron chi connectivity index (χ4n) is 7.08. The van der Waals surface area contributed by atoms with Crippen LogP contribution in [0.2, 0.25) is 0 Å². The van der Waals surface area contributed by atoms with Gasteiger partial charge in [0, 0.05) is 30.5 Å². The van der Waals surface area contributed by atoms with Crippen LogP contribution in [0.25, 0.3) is 10.9 Å². The van der Waals surface area contributed by atoms with Crippen molar-refractivity contribution in [2.75, 3.05) is 16.2 Å². The van der Waals surface area contributed by atoms with E-state index in [0.717, 1.165) is 60.5 Å². The number of benzene rings is 3. The molecule has 0 saturated carbocycles. The van der Waals surface area contributed by atoms with Crippen LogP contribution in [0.15, 0.2) is 59.5 Å². The molecule has 3 aromatic carbocycles. The van der Waals surface area contributed by atoms with Crippen molar-refractivity contribution >= 4 is 45.3 Å². The van der Waals surface area contributed by atoms with Crippen molar-refractivity contribution in [3.05, 3.63) is 121 Å². The van der Waals surface area contributed by atoms with E-state index in [1.165, 1.54) is 4.57 Å². The molecular weight excluding hydrogens is 707 g/mol. The van der Waals surface area contributed by atoms with Gasteiger partial charge < -0.3 is 25.3 Å². The van der Waals surface area contributed by atoms with E-state index in [0.29, 0.717) is 27.8 Å². The Bertz CT molecular complexity index is 2300. The lowest BCUT2D eigenvalue weighted by Gasteiger charge is -2.28. The fourth-order valence-corrected chi connectivity index (χ4v) is 7.96. The quantitative estimate of drug-likeness (QED) is 0.106. The number of thiol groups is 1. The number of rotatable bonds is 13. The maximum Gasteiger partial charge on any atom is 0.329 e. The normalized spacial score (nSPS) is 13.2. The van der Waals surface area contributed by atoms with E-state index >= 15 is 8.78 Å². The van der Waals surface area contributed by atoms with Gasteiger partial charge in [0.05, 0.1) is 28.8 Å². The van der Waals surface area contributed by atoms with Crippen molar-refractivity contribution in [1.29, 1.82) is 0 Å². The summed E-state index contributed by atoms with van der Waals surface area (Å²) in [6, 6.07) is 11.8. The molecule has 0 saturated heterocycles. The van der Waals surface area contributed by atoms with Gasteiger partial charge in [-0.3, -0.25) is 13.9 Å². The Morgan fingerprint density at radius 1 is 1.06 bits per heavy atom. The van der Waals surface area contributed by atoms with E-state index in [9.17, 15) is 27.9 Å². The number of amides is 1. The second-order valence-corrected chi connectivity index (χ2v) is 14.2. The number of nitrogens with zero attached hydrogens (tertiary/aromatic N) is 3. The molecule has 278 valence electrons. The molecule has 2 aromatic heterocycles. The van der Waals surface area contributed by atoms with Crippen molar-refractivity contribution in [3.8, 4) is 0 Å². The summed E-state index contributed by atoms with van der Waals surface area (Å²) in [4.78, 5) is 47.6. The molecule has 1 aliphatic carbocycles. The molecule has 1 atom stereocenters. The highest BCUT2D eigenvalue weighted by Crippen LogP contribution is 2.29. The Morgan fingerprint density at radius 3 is 2.42 bits per heavy atom. The van der Waals surface area contributed by atoms with Crippen molar-refractivity contribution in [2.45, 2.75) is 72.0 Å². The number of nitrogens with one attached hydrogen (secondary N) is 3. The number of hydrogen-bond donors (Lipinski definition) is 5. The SMILES string of the molecule is Cc1cc(C)c(N(C(CNC(=O)c2cn(CCc3ccccc3)c3c(F)c(CNc4nc5c([nH]4)CCCC5)c(F)cc3c2=O)C(=O)O)[SH](=O)=O)c(C)c1. The van der Waals surface area contributed by atoms with Crippen LogP contribution in [0.3, 0.4) is 0 Å². The summed E-state index contributed by atoms with van der Waals surface area (Å²) in [6.45, 7) is 4.22. The van der Waals surface area contributed by atoms with Crippen molar-refractivity contribution < 1.29 is 31.9 Å². The summed E-state index contributed by atoms with van der Waals surface area (Å²) in [5, 5.41) is 15.1. The predicted octanol–water partition coefficient (Wildman–Crippen LogP) is 4.88. The average molecular weight is 747 g/mol. The number of pyridine rings is 1. The molecule has 1 unspecified atom stereocenters. The van der Waals surface area contributed by atoms with Crippen molar-refractivity contribution in [2.24, 2.45) is 0 Å². The largest absolute Gasteiger partial charge is 0.480 e. The van der Waals surface area contributed by atoms with E-state index in [-0.39, 0.29) is 35.2 Å². The minimum atomic E-state index is -3.49. The number of fused-ring (bicyclic) bond motifs is 2. The summed E-state index contributed by atoms with van der Waals surface area (Å²) in [5.74, 6) is -4.18. The Morgan fingerprint density at radius 2 is 1.75 bits per heavy atom. The number of hydrogen-bond acceptors (Lipinski definition) is 7. The number of carboxylic acids is 1. The van der Waals surface area contributed by atoms with E-state index in [1.54, 1.807) is 26.0 Å². The number of halogens is 2. The maximum atomic E-state index is 16.4. The first-order chi connectivity index (χ1) is 25.3. The summed E-state index contributed by atoms with van der Waals surface area (Å²) in [7, 11) is -3.49. The van der Waals surface area contributed by atoms with Crippen LogP contribution in [0.5, 0.6) is 0 Å². The van der Waals surface area contributed by atoms with Crippen LogP contribution in [0.1, 0.15) is 62.4 Å². The van der Waals surface area contributed by atoms with Crippen molar-refractivity contribution in [3.63, 3.8) is 0 Å². The first-order valence-corrected chi connectivity index (χ1v) is 18.4. The van der Waals surface area contributed by atoms with Crippen LogP contribution < -0.4 is 20.4 Å². The number of anilines is 2. The van der Waals surface area contributed by atoms with Gasteiger partial charge in [-0.05, 0) is 75.6 Å². The lowest BCUT2D eigenvalue weighted by atomic mass is 10.0. The van der Waals surface area contributed by atoms with E-state index < -0.39 is 58.0 Å². The summed E-state index contributed by atoms with van der Waals surface area (Å²) < 4.78 is 59.2. The zero-order chi connectivity index (χ0) is 38.0. The summed E-state index contributed by atoms with van der Waals surface area (Å²) >= 11 is 0. The smallest absolute Gasteiger partial charge is 0.329 e. The Hall–Kier alpha value is -5.57. The lowest BCUT2D eigenvalue weighted by Crippen LogP contribution is -2.49. The molecule has 0 radical (unpaired) electrons. The third-order valence-electron chi connectivity index (χ3n) is 9.54. The highest BCUT2D eigenvalue weighted by atomic mass is 32.2. The monoisotopic (exact) mass is 746 g/mol. The van der Waals surface area contributed by atoms with Gasteiger partial charge in [-0.1, -0.05) is 48.0 Å². The summed E-state index contributed by atoms with van der Waals surface area (Å²) in [6.07, 6.45) is 5.22. The molecule has 53 heavy (non-hydrogen) atoms. The molecule has 2 heterocycles. The van der Waals surface area contributed by atoms with Gasteiger partial charge in [0.15, 0.2) is 11.9 Å². The minimum Gasteiger partial charge on any atom is -0.480 e. The van der Waals surface area contributed by atoms with E-state index in [1.807, 2.05) is 37.3 Å². The summed E-state index contributed by atoms with van der Waals surface area (Å²) in [5.41, 5.74) is 2.81. The number of imidazole rings is 1. The topological polar surface area (TPSA) is 166 Å². The van der Waals surface area contributed by atoms with Gasteiger partial charge >= 0.3 is 5.97 Å². The number of H-pyrrole nitrogens is 1. The molecule has 6 rings (SSSR count). The Balaban J connectivity index is 1.35. The van der Waals surface area contributed by atoms with Crippen LogP contribution in [0, 0.1) is 32.4 Å². The first-order valence-electron chi connectivity index (χ1n) is 17.3. The van der Waals surface area contributed by atoms with Gasteiger partial charge in [-0.2, -0.15) is 0 Å². The minimum absolute atomic E-state index is 0.0928. The number of aromatic nitrogens is 3. The average Bonchev–Trinajstić information content (AvgIpc) is 3.53. The van der Waals surface area contributed by atoms with Crippen LogP contribution in [-0.4, -0.2) is 52.5 Å². The third kappa shape index (κ3) is 7.80. The molecule has 0 fully saturated rings. The molecule has 5 aromatic rings. The number of aliphatic carboxylic acids is 1. The predicted molar refractivity (Wildman–Crippen MR) is 198 cm³/mol. The molecule has 4 N–H and O–H groups in total. The number of aryl methyl sites for hydroxylation is 7. The number of carbonyl (C=O) groups excluding carboxylic acids is 1. The molecule has 15 heteroatoms. The second kappa shape index (κ2) is 15.6. The molecule has 0 spiro atoms. The van der Waals surface area contributed by atoms with Crippen LogP contribution >= 0.6 is 0 Å². The lowest BCUT2D eigenvalue weighted by molar-refractivity contribution is -0.138. The molecule has 0 bridgehead atoms. The van der Waals surface area contributed by atoms with Crippen LogP contribution in [0.4, 0.5) is 20.4 Å². The number of carbonyl (C=O) groups is 2. The maximum absolute atomic E-state index is 16.4. The zero-order valence-corrected chi connectivity index (χ0v) is 30.4. The Kier molecular flexibility index (Phi) is 10.9. The van der Waals surface area contributed by atoms with E-state index in [2.05, 4.69) is 20.6 Å². The van der Waals surface area contributed by atoms with Gasteiger partial charge in [0.2, 0.25) is 22.3 Å². The van der Waals surface area contributed by atoms with Gasteiger partial charge in [0.25, 0.3) is 5.91 Å². The fraction of sp³-hybridized carbons (Fsp3) is 0.316. The van der Waals surface area contributed by atoms with Crippen molar-refractivity contribution in [1.82, 2.24) is 19.9 Å². The van der Waals surface area contributed by atoms with Gasteiger partial charge in [-0.25, -0.2) is 27.0 Å². The number of carboxylic acid groups (broad SMARTS) is 1. The molecule has 12 nitrogen and oxygen atoms in total. The second-order valence-electron chi connectivity index (χ2n) is 13.3.